The summed E-state index contributed by atoms with van der Waals surface area (Å²) in [4.78, 5) is 11.9. The van der Waals surface area contributed by atoms with E-state index in [9.17, 15) is 0 Å². The number of nitrogen functional groups attached to an aromatic ring is 1. The van der Waals surface area contributed by atoms with Crippen LogP contribution in [-0.4, -0.2) is 21.6 Å². The van der Waals surface area contributed by atoms with Crippen molar-refractivity contribution in [2.45, 2.75) is 6.92 Å². The number of rotatable bonds is 4. The van der Waals surface area contributed by atoms with Gasteiger partial charge in [0.1, 0.15) is 0 Å². The minimum atomic E-state index is 0.135. The van der Waals surface area contributed by atoms with Gasteiger partial charge in [-0.3, -0.25) is 0 Å². The number of ether oxygens (including phenoxy) is 1. The van der Waals surface area contributed by atoms with Gasteiger partial charge in [0.05, 0.1) is 12.3 Å². The summed E-state index contributed by atoms with van der Waals surface area (Å²) in [7, 11) is 0. The lowest BCUT2D eigenvalue weighted by molar-refractivity contribution is 0.312. The highest BCUT2D eigenvalue weighted by molar-refractivity contribution is 7.08. The SMILES string of the molecule is CCOc1nc(N)nc(Nc2ccsc2)n1. The fourth-order valence-corrected chi connectivity index (χ4v) is 1.67. The summed E-state index contributed by atoms with van der Waals surface area (Å²) in [6.07, 6.45) is 0. The number of hydrogen-bond donors (Lipinski definition) is 2. The predicted molar refractivity (Wildman–Crippen MR) is 63.0 cm³/mol. The Labute approximate surface area is 96.5 Å². The molecule has 0 unspecified atom stereocenters. The smallest absolute Gasteiger partial charge is 0.323 e. The molecule has 3 N–H and O–H groups in total. The quantitative estimate of drug-likeness (QED) is 0.841. The van der Waals surface area contributed by atoms with Gasteiger partial charge in [-0.05, 0) is 18.4 Å². The van der Waals surface area contributed by atoms with E-state index in [1.54, 1.807) is 11.3 Å². The van der Waals surface area contributed by atoms with E-state index in [0.29, 0.717) is 12.6 Å². The average molecular weight is 237 g/mol. The summed E-state index contributed by atoms with van der Waals surface area (Å²) < 4.78 is 5.17. The monoisotopic (exact) mass is 237 g/mol. The first kappa shape index (κ1) is 10.6. The highest BCUT2D eigenvalue weighted by atomic mass is 32.1. The van der Waals surface area contributed by atoms with Gasteiger partial charge in [0.2, 0.25) is 11.9 Å². The molecular formula is C9H11N5OS. The molecule has 0 aromatic carbocycles. The van der Waals surface area contributed by atoms with Crippen LogP contribution in [0.25, 0.3) is 0 Å². The first-order chi connectivity index (χ1) is 7.78. The van der Waals surface area contributed by atoms with Gasteiger partial charge in [0, 0.05) is 5.38 Å². The van der Waals surface area contributed by atoms with Crippen molar-refractivity contribution in [2.75, 3.05) is 17.7 Å². The second kappa shape index (κ2) is 4.75. The molecule has 0 spiro atoms. The molecule has 2 aromatic rings. The molecule has 0 amide bonds. The zero-order valence-electron chi connectivity index (χ0n) is 8.67. The van der Waals surface area contributed by atoms with E-state index in [4.69, 9.17) is 10.5 Å². The maximum atomic E-state index is 5.54. The Balaban J connectivity index is 2.20. The van der Waals surface area contributed by atoms with Gasteiger partial charge in [-0.25, -0.2) is 0 Å². The zero-order valence-corrected chi connectivity index (χ0v) is 9.49. The third-order valence-corrected chi connectivity index (χ3v) is 2.37. The number of anilines is 3. The average Bonchev–Trinajstić information content (AvgIpc) is 2.70. The first-order valence-corrected chi connectivity index (χ1v) is 5.66. The van der Waals surface area contributed by atoms with E-state index >= 15 is 0 Å². The van der Waals surface area contributed by atoms with Crippen LogP contribution >= 0.6 is 11.3 Å². The summed E-state index contributed by atoms with van der Waals surface area (Å²) in [5, 5.41) is 6.91. The van der Waals surface area contributed by atoms with Crippen LogP contribution in [0.2, 0.25) is 0 Å². The molecule has 0 aliphatic carbocycles. The number of nitrogens with zero attached hydrogens (tertiary/aromatic N) is 3. The maximum Gasteiger partial charge on any atom is 0.323 e. The maximum absolute atomic E-state index is 5.54. The number of nitrogens with two attached hydrogens (primary N) is 1. The molecule has 0 bridgehead atoms. The van der Waals surface area contributed by atoms with Crippen LogP contribution in [0.15, 0.2) is 16.8 Å². The van der Waals surface area contributed by atoms with Gasteiger partial charge in [-0.2, -0.15) is 26.3 Å². The Morgan fingerprint density at radius 3 is 3.00 bits per heavy atom. The van der Waals surface area contributed by atoms with Crippen molar-refractivity contribution in [2.24, 2.45) is 0 Å². The molecule has 2 aromatic heterocycles. The molecule has 0 fully saturated rings. The molecule has 2 heterocycles. The van der Waals surface area contributed by atoms with Crippen LogP contribution in [0.3, 0.4) is 0 Å². The molecule has 2 rings (SSSR count). The van der Waals surface area contributed by atoms with E-state index in [0.717, 1.165) is 5.69 Å². The first-order valence-electron chi connectivity index (χ1n) is 4.71. The second-order valence-corrected chi connectivity index (χ2v) is 3.65. The normalized spacial score (nSPS) is 10.1. The van der Waals surface area contributed by atoms with Crippen LogP contribution < -0.4 is 15.8 Å². The molecule has 0 saturated carbocycles. The molecule has 0 saturated heterocycles. The van der Waals surface area contributed by atoms with E-state index in [1.807, 2.05) is 23.8 Å². The van der Waals surface area contributed by atoms with Crippen LogP contribution in [0.4, 0.5) is 17.6 Å². The molecule has 7 heteroatoms. The van der Waals surface area contributed by atoms with Gasteiger partial charge in [-0.15, -0.1) is 0 Å². The lowest BCUT2D eigenvalue weighted by Gasteiger charge is -2.05. The molecule has 0 aliphatic heterocycles. The molecule has 16 heavy (non-hydrogen) atoms. The fraction of sp³-hybridized carbons (Fsp3) is 0.222. The largest absolute Gasteiger partial charge is 0.464 e. The Bertz CT molecular complexity index is 459. The Morgan fingerprint density at radius 2 is 2.31 bits per heavy atom. The molecule has 6 nitrogen and oxygen atoms in total. The summed E-state index contributed by atoms with van der Waals surface area (Å²) in [5.74, 6) is 0.519. The molecule has 0 atom stereocenters. The zero-order chi connectivity index (χ0) is 11.4. The van der Waals surface area contributed by atoms with Crippen molar-refractivity contribution >= 4 is 28.9 Å². The van der Waals surface area contributed by atoms with Crippen molar-refractivity contribution in [1.29, 1.82) is 0 Å². The van der Waals surface area contributed by atoms with Gasteiger partial charge in [0.25, 0.3) is 0 Å². The van der Waals surface area contributed by atoms with E-state index in [1.165, 1.54) is 0 Å². The van der Waals surface area contributed by atoms with Gasteiger partial charge < -0.3 is 15.8 Å². The minimum absolute atomic E-state index is 0.135. The number of aromatic nitrogens is 3. The predicted octanol–water partition coefficient (Wildman–Crippen LogP) is 1.66. The van der Waals surface area contributed by atoms with E-state index in [-0.39, 0.29) is 12.0 Å². The minimum Gasteiger partial charge on any atom is -0.464 e. The van der Waals surface area contributed by atoms with Crippen LogP contribution in [-0.2, 0) is 0 Å². The molecule has 0 aliphatic rings. The number of nitrogens with one attached hydrogen (secondary N) is 1. The summed E-state index contributed by atoms with van der Waals surface area (Å²) in [6, 6.07) is 2.15. The van der Waals surface area contributed by atoms with Crippen LogP contribution in [0.5, 0.6) is 6.01 Å². The third-order valence-electron chi connectivity index (χ3n) is 1.68. The Morgan fingerprint density at radius 1 is 1.44 bits per heavy atom. The number of thiophene rings is 1. The molecule has 0 radical (unpaired) electrons. The Kier molecular flexibility index (Phi) is 3.16. The van der Waals surface area contributed by atoms with E-state index in [2.05, 4.69) is 20.3 Å². The highest BCUT2D eigenvalue weighted by Crippen LogP contribution is 2.17. The lowest BCUT2D eigenvalue weighted by Crippen LogP contribution is -2.06. The van der Waals surface area contributed by atoms with Crippen molar-refractivity contribution in [3.63, 3.8) is 0 Å². The van der Waals surface area contributed by atoms with Gasteiger partial charge >= 0.3 is 6.01 Å². The fourth-order valence-electron chi connectivity index (χ4n) is 1.09. The molecule has 84 valence electrons. The van der Waals surface area contributed by atoms with Gasteiger partial charge in [-0.1, -0.05) is 0 Å². The standard InChI is InChI=1S/C9H11N5OS/c1-2-15-9-13-7(10)12-8(14-9)11-6-3-4-16-5-6/h3-5H,2H2,1H3,(H3,10,11,12,13,14). The van der Waals surface area contributed by atoms with Crippen LogP contribution in [0.1, 0.15) is 6.92 Å². The number of hydrogen-bond acceptors (Lipinski definition) is 7. The van der Waals surface area contributed by atoms with Crippen molar-refractivity contribution in [1.82, 2.24) is 15.0 Å². The van der Waals surface area contributed by atoms with E-state index < -0.39 is 0 Å². The van der Waals surface area contributed by atoms with Crippen molar-refractivity contribution in [3.05, 3.63) is 16.8 Å². The van der Waals surface area contributed by atoms with Gasteiger partial charge in [0.15, 0.2) is 0 Å². The third kappa shape index (κ3) is 2.57. The molecular weight excluding hydrogens is 226 g/mol. The highest BCUT2D eigenvalue weighted by Gasteiger charge is 2.05. The second-order valence-electron chi connectivity index (χ2n) is 2.87. The summed E-state index contributed by atoms with van der Waals surface area (Å²) in [6.45, 7) is 2.34. The van der Waals surface area contributed by atoms with Crippen molar-refractivity contribution < 1.29 is 4.74 Å². The summed E-state index contributed by atoms with van der Waals surface area (Å²) in [5.41, 5.74) is 6.45. The van der Waals surface area contributed by atoms with Crippen LogP contribution in [0, 0.1) is 0 Å². The lowest BCUT2D eigenvalue weighted by atomic mass is 10.5. The topological polar surface area (TPSA) is 86.0 Å². The Hall–Kier alpha value is -1.89. The van der Waals surface area contributed by atoms with Crippen molar-refractivity contribution in [3.8, 4) is 6.01 Å². The summed E-state index contributed by atoms with van der Waals surface area (Å²) >= 11 is 1.58.